The number of carbonyl (C=O) groups is 1. The molecule has 1 fully saturated rings. The number of nitrogens with two attached hydrogens (primary N) is 1. The van der Waals surface area contributed by atoms with Gasteiger partial charge in [-0.1, -0.05) is 31.3 Å². The average Bonchev–Trinajstić information content (AvgIpc) is 3.11. The van der Waals surface area contributed by atoms with Crippen LogP contribution in [0.4, 0.5) is 19.7 Å². The molecule has 0 saturated carbocycles. The van der Waals surface area contributed by atoms with Crippen LogP contribution in [0.1, 0.15) is 48.3 Å². The second-order valence-corrected chi connectivity index (χ2v) is 11.3. The van der Waals surface area contributed by atoms with Crippen LogP contribution in [0, 0.1) is 11.6 Å². The fourth-order valence-electron chi connectivity index (χ4n) is 3.61. The van der Waals surface area contributed by atoms with Gasteiger partial charge in [-0.05, 0) is 37.9 Å². The normalized spacial score (nSPS) is 15.8. The maximum atomic E-state index is 14.0. The zero-order valence-corrected chi connectivity index (χ0v) is 20.2. The molecule has 0 unspecified atom stereocenters. The van der Waals surface area contributed by atoms with Crippen molar-refractivity contribution in [2.24, 2.45) is 0 Å². The van der Waals surface area contributed by atoms with Gasteiger partial charge in [-0.2, -0.15) is 0 Å². The van der Waals surface area contributed by atoms with Gasteiger partial charge in [0.05, 0.1) is 11.3 Å². The van der Waals surface area contributed by atoms with Gasteiger partial charge < -0.3 is 16.4 Å². The molecule has 182 valence electrons. The Morgan fingerprint density at radius 2 is 1.91 bits per heavy atom. The lowest BCUT2D eigenvalue weighted by atomic mass is 10.1. The van der Waals surface area contributed by atoms with E-state index in [2.05, 4.69) is 15.6 Å². The lowest BCUT2D eigenvalue weighted by Gasteiger charge is -2.31. The van der Waals surface area contributed by atoms with Gasteiger partial charge in [0.1, 0.15) is 22.3 Å². The Kier molecular flexibility index (Phi) is 8.38. The molecule has 1 saturated heterocycles. The Morgan fingerprint density at radius 3 is 2.52 bits per heavy atom. The first-order chi connectivity index (χ1) is 15.6. The van der Waals surface area contributed by atoms with Crippen molar-refractivity contribution in [1.29, 1.82) is 0 Å². The summed E-state index contributed by atoms with van der Waals surface area (Å²) in [7, 11) is -3.31. The number of nitrogen functional groups attached to an aromatic ring is 1. The highest BCUT2D eigenvalue weighted by Crippen LogP contribution is 2.30. The molecule has 0 aliphatic carbocycles. The van der Waals surface area contributed by atoms with Crippen LogP contribution in [0.3, 0.4) is 0 Å². The van der Waals surface area contributed by atoms with Gasteiger partial charge in [0.2, 0.25) is 15.8 Å². The summed E-state index contributed by atoms with van der Waals surface area (Å²) in [6.45, 7) is 5.44. The molecule has 0 radical (unpaired) electrons. The van der Waals surface area contributed by atoms with Gasteiger partial charge in [-0.25, -0.2) is 26.5 Å². The first-order valence-corrected chi connectivity index (χ1v) is 13.2. The third-order valence-electron chi connectivity index (χ3n) is 5.36. The van der Waals surface area contributed by atoms with Crippen LogP contribution in [-0.4, -0.2) is 61.0 Å². The fraction of sp³-hybridized carbons (Fsp3) is 0.524. The number of hydrogen-bond acceptors (Lipinski definition) is 8. The fourth-order valence-corrected chi connectivity index (χ4v) is 6.05. The van der Waals surface area contributed by atoms with E-state index in [1.165, 1.54) is 10.4 Å². The number of sulfonamides is 1. The van der Waals surface area contributed by atoms with Crippen molar-refractivity contribution >= 4 is 38.1 Å². The summed E-state index contributed by atoms with van der Waals surface area (Å²) in [5.41, 5.74) is 5.18. The van der Waals surface area contributed by atoms with Crippen molar-refractivity contribution in [2.45, 2.75) is 45.2 Å². The molecule has 0 atom stereocenters. The molecule has 1 aromatic carbocycles. The summed E-state index contributed by atoms with van der Waals surface area (Å²) in [4.78, 5) is 16.7. The van der Waals surface area contributed by atoms with Crippen LogP contribution in [-0.2, 0) is 10.0 Å². The van der Waals surface area contributed by atoms with E-state index in [1.807, 2.05) is 13.8 Å². The summed E-state index contributed by atoms with van der Waals surface area (Å²) in [6.07, 6.45) is 1.68. The smallest absolute Gasteiger partial charge is 0.214 e. The summed E-state index contributed by atoms with van der Waals surface area (Å²) in [5.74, 6) is -2.79. The van der Waals surface area contributed by atoms with Crippen LogP contribution in [0.15, 0.2) is 18.2 Å². The topological polar surface area (TPSA) is 117 Å². The second kappa shape index (κ2) is 10.9. The van der Waals surface area contributed by atoms with Crippen molar-refractivity contribution in [3.8, 4) is 0 Å². The maximum absolute atomic E-state index is 14.0. The summed E-state index contributed by atoms with van der Waals surface area (Å²) < 4.78 is 54.6. The number of nitrogens with one attached hydrogen (secondary N) is 2. The predicted octanol–water partition coefficient (Wildman–Crippen LogP) is 2.83. The number of anilines is 2. The highest BCUT2D eigenvalue weighted by atomic mass is 32.2. The number of ketones is 1. The van der Waals surface area contributed by atoms with Crippen molar-refractivity contribution in [3.63, 3.8) is 0 Å². The molecule has 33 heavy (non-hydrogen) atoms. The molecule has 4 N–H and O–H groups in total. The highest BCUT2D eigenvalue weighted by Gasteiger charge is 2.29. The minimum atomic E-state index is -3.31. The Hall–Kier alpha value is -2.15. The third kappa shape index (κ3) is 6.46. The van der Waals surface area contributed by atoms with E-state index in [0.717, 1.165) is 23.5 Å². The predicted molar refractivity (Wildman–Crippen MR) is 126 cm³/mol. The number of aromatic nitrogens is 1. The van der Waals surface area contributed by atoms with Gasteiger partial charge in [-0.15, -0.1) is 0 Å². The van der Waals surface area contributed by atoms with Gasteiger partial charge in [0.25, 0.3) is 0 Å². The first-order valence-electron chi connectivity index (χ1n) is 10.8. The van der Waals surface area contributed by atoms with Gasteiger partial charge in [0.15, 0.2) is 5.13 Å². The number of rotatable bonds is 10. The molecule has 0 spiro atoms. The van der Waals surface area contributed by atoms with Crippen molar-refractivity contribution in [3.05, 3.63) is 40.3 Å². The zero-order chi connectivity index (χ0) is 24.2. The van der Waals surface area contributed by atoms with E-state index in [-0.39, 0.29) is 22.5 Å². The van der Waals surface area contributed by atoms with Crippen LogP contribution in [0.25, 0.3) is 0 Å². The second-order valence-electron chi connectivity index (χ2n) is 8.26. The Labute approximate surface area is 196 Å². The number of piperidine rings is 1. The van der Waals surface area contributed by atoms with Crippen LogP contribution < -0.4 is 16.4 Å². The number of hydrogen-bond donors (Lipinski definition) is 3. The van der Waals surface area contributed by atoms with E-state index in [9.17, 15) is 22.0 Å². The molecule has 1 aliphatic rings. The molecule has 2 aromatic rings. The molecular weight excluding hydrogens is 472 g/mol. The molecule has 1 aliphatic heterocycles. The Morgan fingerprint density at radius 1 is 1.27 bits per heavy atom. The molecular formula is C21H29F2N5O3S2. The molecule has 8 nitrogen and oxygen atoms in total. The van der Waals surface area contributed by atoms with Gasteiger partial charge >= 0.3 is 0 Å². The monoisotopic (exact) mass is 501 g/mol. The highest BCUT2D eigenvalue weighted by molar-refractivity contribution is 7.89. The number of benzene rings is 1. The van der Waals surface area contributed by atoms with Gasteiger partial charge in [0, 0.05) is 25.2 Å². The van der Waals surface area contributed by atoms with E-state index >= 15 is 0 Å². The largest absolute Gasteiger partial charge is 0.382 e. The van der Waals surface area contributed by atoms with E-state index in [0.29, 0.717) is 50.1 Å². The minimum Gasteiger partial charge on any atom is -0.382 e. The SMILES string of the molecule is CC(C)NCCCS(=O)(=O)N1CCC(Nc2nc(N)c(C(=O)c3c(F)cccc3F)s2)CC1. The summed E-state index contributed by atoms with van der Waals surface area (Å²) in [5, 5.41) is 6.74. The molecule has 0 bridgehead atoms. The molecule has 0 amide bonds. The third-order valence-corrected chi connectivity index (χ3v) is 8.31. The number of halogens is 2. The van der Waals surface area contributed by atoms with Crippen LogP contribution in [0.2, 0.25) is 0 Å². The first kappa shape index (κ1) is 25.5. The lowest BCUT2D eigenvalue weighted by molar-refractivity contribution is 0.103. The quantitative estimate of drug-likeness (QED) is 0.338. The van der Waals surface area contributed by atoms with E-state index in [1.54, 1.807) is 0 Å². The van der Waals surface area contributed by atoms with Crippen molar-refractivity contribution < 1.29 is 22.0 Å². The number of nitrogens with zero attached hydrogens (tertiary/aromatic N) is 2. The summed E-state index contributed by atoms with van der Waals surface area (Å²) >= 11 is 0.927. The molecule has 3 rings (SSSR count). The van der Waals surface area contributed by atoms with Gasteiger partial charge in [-0.3, -0.25) is 4.79 Å². The van der Waals surface area contributed by atoms with Crippen molar-refractivity contribution in [2.75, 3.05) is 36.4 Å². The molecule has 12 heteroatoms. The molecule has 1 aromatic heterocycles. The minimum absolute atomic E-state index is 0.0449. The summed E-state index contributed by atoms with van der Waals surface area (Å²) in [6, 6.07) is 3.46. The van der Waals surface area contributed by atoms with E-state index in [4.69, 9.17) is 5.73 Å². The molecule has 2 heterocycles. The number of thiazole rings is 1. The van der Waals surface area contributed by atoms with E-state index < -0.39 is 33.0 Å². The van der Waals surface area contributed by atoms with Crippen LogP contribution in [0.5, 0.6) is 0 Å². The Balaban J connectivity index is 1.57. The standard InChI is InChI=1S/C21H29F2N5O3S2/c1-13(2)25-9-4-12-33(30,31)28-10-7-14(8-11-28)26-21-27-20(24)19(32-21)18(29)17-15(22)5-3-6-16(17)23/h3,5-6,13-14,25H,4,7-12,24H2,1-2H3,(H,26,27). The average molecular weight is 502 g/mol. The van der Waals surface area contributed by atoms with Crippen molar-refractivity contribution in [1.82, 2.24) is 14.6 Å². The number of carbonyl (C=O) groups excluding carboxylic acids is 1. The van der Waals surface area contributed by atoms with Crippen LogP contribution >= 0.6 is 11.3 Å². The lowest BCUT2D eigenvalue weighted by Crippen LogP contribution is -2.43. The maximum Gasteiger partial charge on any atom is 0.214 e. The zero-order valence-electron chi connectivity index (χ0n) is 18.6. The Bertz CT molecular complexity index is 1060.